The van der Waals surface area contributed by atoms with E-state index in [0.29, 0.717) is 18.7 Å². The predicted molar refractivity (Wildman–Crippen MR) is 92.2 cm³/mol. The van der Waals surface area contributed by atoms with E-state index in [1.165, 1.54) is 24.3 Å². The smallest absolute Gasteiger partial charge is 0.257 e. The average molecular weight is 339 g/mol. The van der Waals surface area contributed by atoms with Crippen molar-refractivity contribution in [3.05, 3.63) is 78.4 Å². The number of benzene rings is 2. The van der Waals surface area contributed by atoms with Gasteiger partial charge in [-0.2, -0.15) is 5.10 Å². The fourth-order valence-corrected chi connectivity index (χ4v) is 2.29. The molecular weight excluding hydrogens is 321 g/mol. The van der Waals surface area contributed by atoms with Gasteiger partial charge in [0.1, 0.15) is 11.6 Å². The number of carbonyl (C=O) groups excluding carboxylic acids is 1. The fourth-order valence-electron chi connectivity index (χ4n) is 2.29. The van der Waals surface area contributed by atoms with E-state index >= 15 is 0 Å². The van der Waals surface area contributed by atoms with E-state index in [-0.39, 0.29) is 18.3 Å². The average Bonchev–Trinajstić information content (AvgIpc) is 3.11. The molecule has 0 bridgehead atoms. The molecule has 2 aromatic carbocycles. The summed E-state index contributed by atoms with van der Waals surface area (Å²) in [6.07, 6.45) is 4.40. The molecule has 0 radical (unpaired) electrons. The van der Waals surface area contributed by atoms with Gasteiger partial charge in [0.05, 0.1) is 11.9 Å². The molecule has 0 aliphatic rings. The Balaban J connectivity index is 1.41. The maximum atomic E-state index is 12.8. The molecule has 1 aromatic heterocycles. The molecule has 0 fully saturated rings. The highest BCUT2D eigenvalue weighted by molar-refractivity contribution is 5.77. The Morgan fingerprint density at radius 1 is 1.12 bits per heavy atom. The highest BCUT2D eigenvalue weighted by atomic mass is 19.1. The standard InChI is InChI=1S/C19H18FN3O2/c20-16-6-8-18(9-7-16)25-14-19(24)21-11-10-15-12-22-23(13-15)17-4-2-1-3-5-17/h1-9,12-13H,10-11,14H2,(H,21,24). The molecule has 25 heavy (non-hydrogen) atoms. The monoisotopic (exact) mass is 339 g/mol. The number of hydrogen-bond donors (Lipinski definition) is 1. The van der Waals surface area contributed by atoms with Crippen LogP contribution in [0.15, 0.2) is 67.0 Å². The largest absolute Gasteiger partial charge is 0.484 e. The van der Waals surface area contributed by atoms with Crippen LogP contribution in [0.5, 0.6) is 5.75 Å². The van der Waals surface area contributed by atoms with Crippen molar-refractivity contribution < 1.29 is 13.9 Å². The minimum Gasteiger partial charge on any atom is -0.484 e. The quantitative estimate of drug-likeness (QED) is 0.720. The number of aromatic nitrogens is 2. The molecule has 0 aliphatic carbocycles. The Hall–Kier alpha value is -3.15. The SMILES string of the molecule is O=C(COc1ccc(F)cc1)NCCc1cnn(-c2ccccc2)c1. The zero-order valence-electron chi connectivity index (χ0n) is 13.6. The number of halogens is 1. The third-order valence-electron chi connectivity index (χ3n) is 3.58. The summed E-state index contributed by atoms with van der Waals surface area (Å²) in [6, 6.07) is 15.4. The van der Waals surface area contributed by atoms with Gasteiger partial charge in [-0.25, -0.2) is 9.07 Å². The molecule has 0 spiro atoms. The van der Waals surface area contributed by atoms with Crippen LogP contribution in [0.4, 0.5) is 4.39 Å². The second kappa shape index (κ2) is 8.10. The number of amides is 1. The van der Waals surface area contributed by atoms with Gasteiger partial charge in [0.15, 0.2) is 6.61 Å². The Kier molecular flexibility index (Phi) is 5.41. The van der Waals surface area contributed by atoms with Crippen molar-refractivity contribution in [3.63, 3.8) is 0 Å². The second-order valence-corrected chi connectivity index (χ2v) is 5.47. The van der Waals surface area contributed by atoms with Crippen LogP contribution in [0.2, 0.25) is 0 Å². The molecule has 3 rings (SSSR count). The topological polar surface area (TPSA) is 56.1 Å². The van der Waals surface area contributed by atoms with Crippen molar-refractivity contribution in [2.75, 3.05) is 13.2 Å². The lowest BCUT2D eigenvalue weighted by Gasteiger charge is -2.07. The molecule has 0 saturated carbocycles. The van der Waals surface area contributed by atoms with Crippen LogP contribution >= 0.6 is 0 Å². The number of rotatable bonds is 7. The van der Waals surface area contributed by atoms with E-state index in [0.717, 1.165) is 11.3 Å². The minimum absolute atomic E-state index is 0.102. The predicted octanol–water partition coefficient (Wildman–Crippen LogP) is 2.75. The first kappa shape index (κ1) is 16.7. The van der Waals surface area contributed by atoms with Gasteiger partial charge >= 0.3 is 0 Å². The number of para-hydroxylation sites is 1. The number of nitrogens with one attached hydrogen (secondary N) is 1. The second-order valence-electron chi connectivity index (χ2n) is 5.47. The van der Waals surface area contributed by atoms with E-state index in [1.54, 1.807) is 10.9 Å². The van der Waals surface area contributed by atoms with Gasteiger partial charge in [-0.1, -0.05) is 18.2 Å². The molecule has 1 N–H and O–H groups in total. The van der Waals surface area contributed by atoms with Gasteiger partial charge in [-0.15, -0.1) is 0 Å². The third kappa shape index (κ3) is 4.91. The highest BCUT2D eigenvalue weighted by Gasteiger charge is 2.04. The molecule has 6 heteroatoms. The number of carbonyl (C=O) groups is 1. The van der Waals surface area contributed by atoms with E-state index in [4.69, 9.17) is 4.74 Å². The van der Waals surface area contributed by atoms with E-state index in [2.05, 4.69) is 10.4 Å². The Morgan fingerprint density at radius 3 is 2.64 bits per heavy atom. The Morgan fingerprint density at radius 2 is 1.88 bits per heavy atom. The minimum atomic E-state index is -0.340. The summed E-state index contributed by atoms with van der Waals surface area (Å²) >= 11 is 0. The first-order chi connectivity index (χ1) is 12.2. The number of ether oxygens (including phenoxy) is 1. The normalized spacial score (nSPS) is 10.4. The molecule has 0 aliphatic heterocycles. The van der Waals surface area contributed by atoms with Crippen molar-refractivity contribution in [2.45, 2.75) is 6.42 Å². The van der Waals surface area contributed by atoms with Gasteiger partial charge < -0.3 is 10.1 Å². The van der Waals surface area contributed by atoms with Gasteiger partial charge in [-0.05, 0) is 48.4 Å². The summed E-state index contributed by atoms with van der Waals surface area (Å²) in [7, 11) is 0. The van der Waals surface area contributed by atoms with Crippen molar-refractivity contribution in [1.29, 1.82) is 0 Å². The van der Waals surface area contributed by atoms with E-state index < -0.39 is 0 Å². The van der Waals surface area contributed by atoms with Gasteiger partial charge in [-0.3, -0.25) is 4.79 Å². The molecule has 3 aromatic rings. The third-order valence-corrected chi connectivity index (χ3v) is 3.58. The lowest BCUT2D eigenvalue weighted by atomic mass is 10.2. The molecule has 1 amide bonds. The van der Waals surface area contributed by atoms with Crippen molar-refractivity contribution >= 4 is 5.91 Å². The van der Waals surface area contributed by atoms with E-state index in [1.807, 2.05) is 36.5 Å². The van der Waals surface area contributed by atoms with Gasteiger partial charge in [0, 0.05) is 12.7 Å². The van der Waals surface area contributed by atoms with Crippen molar-refractivity contribution in [1.82, 2.24) is 15.1 Å². The van der Waals surface area contributed by atoms with Crippen molar-refractivity contribution in [2.24, 2.45) is 0 Å². The van der Waals surface area contributed by atoms with Crippen LogP contribution in [0.25, 0.3) is 5.69 Å². The first-order valence-electron chi connectivity index (χ1n) is 7.95. The fraction of sp³-hybridized carbons (Fsp3) is 0.158. The Bertz CT molecular complexity index is 816. The van der Waals surface area contributed by atoms with Gasteiger partial charge in [0.2, 0.25) is 0 Å². The maximum absolute atomic E-state index is 12.8. The molecular formula is C19H18FN3O2. The zero-order chi connectivity index (χ0) is 17.5. The lowest BCUT2D eigenvalue weighted by Crippen LogP contribution is -2.30. The lowest BCUT2D eigenvalue weighted by molar-refractivity contribution is -0.123. The van der Waals surface area contributed by atoms with Crippen LogP contribution in [-0.2, 0) is 11.2 Å². The summed E-state index contributed by atoms with van der Waals surface area (Å²) in [5, 5.41) is 7.10. The van der Waals surface area contributed by atoms with Crippen LogP contribution in [0.3, 0.4) is 0 Å². The summed E-state index contributed by atoms with van der Waals surface area (Å²) in [6.45, 7) is 0.390. The molecule has 1 heterocycles. The number of nitrogens with zero attached hydrogens (tertiary/aromatic N) is 2. The molecule has 0 atom stereocenters. The highest BCUT2D eigenvalue weighted by Crippen LogP contribution is 2.10. The van der Waals surface area contributed by atoms with Crippen LogP contribution in [0, 0.1) is 5.82 Å². The zero-order valence-corrected chi connectivity index (χ0v) is 13.6. The molecule has 5 nitrogen and oxygen atoms in total. The van der Waals surface area contributed by atoms with Gasteiger partial charge in [0.25, 0.3) is 5.91 Å². The van der Waals surface area contributed by atoms with Crippen LogP contribution in [-0.4, -0.2) is 28.8 Å². The van der Waals surface area contributed by atoms with E-state index in [9.17, 15) is 9.18 Å². The maximum Gasteiger partial charge on any atom is 0.257 e. The first-order valence-corrected chi connectivity index (χ1v) is 7.95. The summed E-state index contributed by atoms with van der Waals surface area (Å²) < 4.78 is 19.9. The molecule has 0 saturated heterocycles. The molecule has 0 unspecified atom stereocenters. The summed E-state index contributed by atoms with van der Waals surface area (Å²) in [4.78, 5) is 11.8. The Labute approximate surface area is 145 Å². The van der Waals surface area contributed by atoms with Crippen LogP contribution in [0.1, 0.15) is 5.56 Å². The summed E-state index contributed by atoms with van der Waals surface area (Å²) in [5.41, 5.74) is 2.02. The summed E-state index contributed by atoms with van der Waals surface area (Å²) in [5.74, 6) is -0.103. The van der Waals surface area contributed by atoms with Crippen molar-refractivity contribution in [3.8, 4) is 11.4 Å². The molecule has 128 valence electrons. The van der Waals surface area contributed by atoms with Crippen LogP contribution < -0.4 is 10.1 Å². The number of hydrogen-bond acceptors (Lipinski definition) is 3.